The van der Waals surface area contributed by atoms with E-state index in [4.69, 9.17) is 14.5 Å². The highest BCUT2D eigenvalue weighted by molar-refractivity contribution is 5.93. The Labute approximate surface area is 157 Å². The molecule has 4 rings (SSSR count). The van der Waals surface area contributed by atoms with E-state index in [0.29, 0.717) is 23.1 Å². The summed E-state index contributed by atoms with van der Waals surface area (Å²) >= 11 is 0. The Balaban J connectivity index is 1.93. The molecule has 0 spiro atoms. The van der Waals surface area contributed by atoms with Crippen LogP contribution in [0.5, 0.6) is 11.5 Å². The molecule has 1 aliphatic carbocycles. The Morgan fingerprint density at radius 2 is 1.81 bits per heavy atom. The average Bonchev–Trinajstić information content (AvgIpc) is 3.33. The number of rotatable bonds is 5. The molecule has 140 valence electrons. The zero-order valence-corrected chi connectivity index (χ0v) is 15.4. The van der Waals surface area contributed by atoms with E-state index in [1.165, 1.54) is 12.8 Å². The third-order valence-electron chi connectivity index (χ3n) is 5.27. The molecule has 0 atom stereocenters. The molecule has 0 radical (unpaired) electrons. The number of aromatic carboxylic acids is 1. The van der Waals surface area contributed by atoms with Crippen LogP contribution in [0, 0.1) is 0 Å². The van der Waals surface area contributed by atoms with Crippen molar-refractivity contribution in [1.82, 2.24) is 9.55 Å². The fourth-order valence-corrected chi connectivity index (χ4v) is 3.94. The molecule has 0 bridgehead atoms. The molecule has 6 heteroatoms. The molecule has 2 aromatic carbocycles. The van der Waals surface area contributed by atoms with Gasteiger partial charge in [-0.3, -0.25) is 0 Å². The highest BCUT2D eigenvalue weighted by Crippen LogP contribution is 2.39. The summed E-state index contributed by atoms with van der Waals surface area (Å²) in [5.74, 6) is 1.20. The van der Waals surface area contributed by atoms with Gasteiger partial charge >= 0.3 is 5.97 Å². The summed E-state index contributed by atoms with van der Waals surface area (Å²) in [5, 5.41) is 9.31. The van der Waals surface area contributed by atoms with Gasteiger partial charge in [0, 0.05) is 11.6 Å². The molecule has 1 aromatic heterocycles. The van der Waals surface area contributed by atoms with Gasteiger partial charge in [-0.1, -0.05) is 12.8 Å². The first-order valence-corrected chi connectivity index (χ1v) is 9.10. The van der Waals surface area contributed by atoms with Crippen LogP contribution in [0.25, 0.3) is 22.4 Å². The van der Waals surface area contributed by atoms with Gasteiger partial charge in [-0.25, -0.2) is 9.78 Å². The lowest BCUT2D eigenvalue weighted by Crippen LogP contribution is -2.07. The minimum absolute atomic E-state index is 0.248. The van der Waals surface area contributed by atoms with E-state index in [1.54, 1.807) is 26.4 Å². The second-order valence-corrected chi connectivity index (χ2v) is 6.82. The molecule has 6 nitrogen and oxygen atoms in total. The third kappa shape index (κ3) is 3.01. The van der Waals surface area contributed by atoms with Gasteiger partial charge in [-0.05, 0) is 49.2 Å². The number of hydrogen-bond acceptors (Lipinski definition) is 4. The Hall–Kier alpha value is -3.02. The molecule has 3 aromatic rings. The first-order valence-electron chi connectivity index (χ1n) is 9.10. The Morgan fingerprint density at radius 3 is 2.48 bits per heavy atom. The number of methoxy groups -OCH3 is 2. The maximum absolute atomic E-state index is 11.4. The zero-order valence-electron chi connectivity index (χ0n) is 15.4. The zero-order chi connectivity index (χ0) is 19.0. The van der Waals surface area contributed by atoms with Crippen molar-refractivity contribution in [1.29, 1.82) is 0 Å². The SMILES string of the molecule is COc1ccc(-c2nc3cc(C(=O)O)ccc3n2C2CCCC2)cc1OC. The van der Waals surface area contributed by atoms with Crippen molar-refractivity contribution in [3.63, 3.8) is 0 Å². The van der Waals surface area contributed by atoms with E-state index in [0.717, 1.165) is 29.7 Å². The molecule has 0 saturated heterocycles. The summed E-state index contributed by atoms with van der Waals surface area (Å²) in [4.78, 5) is 16.2. The number of carbonyl (C=O) groups is 1. The summed E-state index contributed by atoms with van der Waals surface area (Å²) < 4.78 is 13.0. The van der Waals surface area contributed by atoms with Crippen LogP contribution in [0.15, 0.2) is 36.4 Å². The number of fused-ring (bicyclic) bond motifs is 1. The van der Waals surface area contributed by atoms with Crippen molar-refractivity contribution < 1.29 is 19.4 Å². The number of hydrogen-bond donors (Lipinski definition) is 1. The van der Waals surface area contributed by atoms with Crippen molar-refractivity contribution >= 4 is 17.0 Å². The molecule has 1 aliphatic rings. The molecule has 1 heterocycles. The maximum Gasteiger partial charge on any atom is 0.335 e. The van der Waals surface area contributed by atoms with Gasteiger partial charge in [0.25, 0.3) is 0 Å². The van der Waals surface area contributed by atoms with Crippen LogP contribution in [0.4, 0.5) is 0 Å². The number of imidazole rings is 1. The molecule has 1 N–H and O–H groups in total. The van der Waals surface area contributed by atoms with Gasteiger partial charge < -0.3 is 19.1 Å². The van der Waals surface area contributed by atoms with Gasteiger partial charge in [0.1, 0.15) is 5.82 Å². The van der Waals surface area contributed by atoms with Gasteiger partial charge in [-0.2, -0.15) is 0 Å². The Kier molecular flexibility index (Phi) is 4.48. The van der Waals surface area contributed by atoms with E-state index in [9.17, 15) is 9.90 Å². The normalized spacial score (nSPS) is 14.6. The van der Waals surface area contributed by atoms with Gasteiger partial charge in [0.15, 0.2) is 11.5 Å². The summed E-state index contributed by atoms with van der Waals surface area (Å²) in [5.41, 5.74) is 2.84. The lowest BCUT2D eigenvalue weighted by Gasteiger charge is -2.17. The fourth-order valence-electron chi connectivity index (χ4n) is 3.94. The van der Waals surface area contributed by atoms with Crippen molar-refractivity contribution in [3.05, 3.63) is 42.0 Å². The van der Waals surface area contributed by atoms with Crippen molar-refractivity contribution in [2.45, 2.75) is 31.7 Å². The number of ether oxygens (including phenoxy) is 2. The van der Waals surface area contributed by atoms with E-state index in [-0.39, 0.29) is 5.56 Å². The molecule has 0 aliphatic heterocycles. The van der Waals surface area contributed by atoms with E-state index in [1.807, 2.05) is 24.3 Å². The molecule has 27 heavy (non-hydrogen) atoms. The van der Waals surface area contributed by atoms with Crippen LogP contribution >= 0.6 is 0 Å². The van der Waals surface area contributed by atoms with Crippen LogP contribution < -0.4 is 9.47 Å². The Bertz CT molecular complexity index is 1000. The van der Waals surface area contributed by atoms with Crippen molar-refractivity contribution in [3.8, 4) is 22.9 Å². The second-order valence-electron chi connectivity index (χ2n) is 6.82. The monoisotopic (exact) mass is 366 g/mol. The third-order valence-corrected chi connectivity index (χ3v) is 5.27. The van der Waals surface area contributed by atoms with E-state index < -0.39 is 5.97 Å². The van der Waals surface area contributed by atoms with Gasteiger partial charge in [-0.15, -0.1) is 0 Å². The van der Waals surface area contributed by atoms with Crippen LogP contribution in [0.3, 0.4) is 0 Å². The summed E-state index contributed by atoms with van der Waals surface area (Å²) in [7, 11) is 3.22. The summed E-state index contributed by atoms with van der Waals surface area (Å²) in [6.45, 7) is 0. The minimum Gasteiger partial charge on any atom is -0.493 e. The van der Waals surface area contributed by atoms with Crippen molar-refractivity contribution in [2.24, 2.45) is 0 Å². The second kappa shape index (κ2) is 6.95. The first-order chi connectivity index (χ1) is 13.1. The molecular weight excluding hydrogens is 344 g/mol. The molecule has 0 unspecified atom stereocenters. The van der Waals surface area contributed by atoms with Gasteiger partial charge in [0.05, 0.1) is 30.8 Å². The highest BCUT2D eigenvalue weighted by atomic mass is 16.5. The summed E-state index contributed by atoms with van der Waals surface area (Å²) in [6.07, 6.45) is 4.60. The molecule has 1 fully saturated rings. The fraction of sp³-hybridized carbons (Fsp3) is 0.333. The smallest absolute Gasteiger partial charge is 0.335 e. The maximum atomic E-state index is 11.4. The van der Waals surface area contributed by atoms with Crippen LogP contribution in [-0.2, 0) is 0 Å². The van der Waals surface area contributed by atoms with Gasteiger partial charge in [0.2, 0.25) is 0 Å². The molecule has 0 amide bonds. The molecule has 1 saturated carbocycles. The number of carboxylic acids is 1. The first kappa shape index (κ1) is 17.4. The summed E-state index contributed by atoms with van der Waals surface area (Å²) in [6, 6.07) is 11.3. The van der Waals surface area contributed by atoms with Crippen LogP contribution in [0.1, 0.15) is 42.1 Å². The quantitative estimate of drug-likeness (QED) is 0.718. The topological polar surface area (TPSA) is 73.6 Å². The Morgan fingerprint density at radius 1 is 1.07 bits per heavy atom. The molecular formula is C21H22N2O4. The van der Waals surface area contributed by atoms with Crippen LogP contribution in [-0.4, -0.2) is 34.8 Å². The average molecular weight is 366 g/mol. The van der Waals surface area contributed by atoms with E-state index in [2.05, 4.69) is 4.57 Å². The number of aromatic nitrogens is 2. The predicted molar refractivity (Wildman–Crippen MR) is 103 cm³/mol. The van der Waals surface area contributed by atoms with E-state index >= 15 is 0 Å². The lowest BCUT2D eigenvalue weighted by atomic mass is 10.1. The highest BCUT2D eigenvalue weighted by Gasteiger charge is 2.24. The predicted octanol–water partition coefficient (Wildman–Crippen LogP) is 4.53. The largest absolute Gasteiger partial charge is 0.493 e. The van der Waals surface area contributed by atoms with Crippen molar-refractivity contribution in [2.75, 3.05) is 14.2 Å². The number of nitrogens with zero attached hydrogens (tertiary/aromatic N) is 2. The van der Waals surface area contributed by atoms with Crippen LogP contribution in [0.2, 0.25) is 0 Å². The minimum atomic E-state index is -0.944. The standard InChI is InChI=1S/C21H22N2O4/c1-26-18-10-8-13(12-19(18)27-2)20-22-16-11-14(21(24)25)7-9-17(16)23(20)15-5-3-4-6-15/h7-12,15H,3-6H2,1-2H3,(H,24,25). The lowest BCUT2D eigenvalue weighted by molar-refractivity contribution is 0.0697. The number of carboxylic acid groups (broad SMARTS) is 1. The number of benzene rings is 2.